The van der Waals surface area contributed by atoms with Gasteiger partial charge in [0.05, 0.1) is 0 Å². The van der Waals surface area contributed by atoms with Gasteiger partial charge in [-0.25, -0.2) is 0 Å². The van der Waals surface area contributed by atoms with Crippen molar-refractivity contribution in [2.24, 2.45) is 0 Å². The Labute approximate surface area is 210 Å². The first-order valence-corrected chi connectivity index (χ1v) is 25.5. The number of rotatable bonds is 2. The van der Waals surface area contributed by atoms with Gasteiger partial charge in [-0.1, -0.05) is 69.2 Å². The van der Waals surface area contributed by atoms with E-state index in [2.05, 4.69) is 97.6 Å². The van der Waals surface area contributed by atoms with E-state index in [0.29, 0.717) is 0 Å². The third kappa shape index (κ3) is 9.21. The van der Waals surface area contributed by atoms with Gasteiger partial charge in [-0.15, -0.1) is 0 Å². The summed E-state index contributed by atoms with van der Waals surface area (Å²) in [6, 6.07) is 0. The van der Waals surface area contributed by atoms with Crippen molar-refractivity contribution in [3.05, 3.63) is 59.2 Å². The molecular formula is C20H30Se5Ti. The first-order chi connectivity index (χ1) is 11.5. The van der Waals surface area contributed by atoms with Crippen LogP contribution in [0.15, 0.2) is 0 Å². The van der Waals surface area contributed by atoms with Crippen molar-refractivity contribution in [3.63, 3.8) is 0 Å². The fraction of sp³-hybridized carbons (Fsp3) is 0.500. The molecule has 0 saturated heterocycles. The van der Waals surface area contributed by atoms with E-state index in [0.717, 1.165) is 33.9 Å². The second kappa shape index (κ2) is 16.0. The Morgan fingerprint density at radius 2 is 0.500 bits per heavy atom. The summed E-state index contributed by atoms with van der Waals surface area (Å²) in [5, 5.41) is 0. The molecule has 0 spiro atoms. The summed E-state index contributed by atoms with van der Waals surface area (Å²) in [6.45, 7) is 22.0. The van der Waals surface area contributed by atoms with Crippen LogP contribution < -0.4 is 0 Å². The van der Waals surface area contributed by atoms with E-state index in [1.54, 1.807) is 0 Å². The molecule has 2 rings (SSSR count). The third-order valence-corrected chi connectivity index (χ3v) is 46.1. The predicted octanol–water partition coefficient (Wildman–Crippen LogP) is 4.04. The van der Waals surface area contributed by atoms with Crippen LogP contribution in [0.1, 0.15) is 69.2 Å². The van der Waals surface area contributed by atoms with Crippen LogP contribution >= 0.6 is 0 Å². The Balaban J connectivity index is 0. The summed E-state index contributed by atoms with van der Waals surface area (Å²) >= 11 is 8.75. The largest absolute Gasteiger partial charge is 0 e. The molecule has 0 unspecified atom stereocenters. The summed E-state index contributed by atoms with van der Waals surface area (Å²) < 4.78 is 0. The maximum atomic E-state index is 3.03. The van der Waals surface area contributed by atoms with Gasteiger partial charge >= 0.3 is 62.3 Å². The van der Waals surface area contributed by atoms with E-state index in [9.17, 15) is 0 Å². The average Bonchev–Trinajstić information content (AvgIpc) is 2.87. The monoisotopic (exact) mass is 718 g/mol. The van der Waals surface area contributed by atoms with Crippen LogP contribution in [0.2, 0.25) is 0 Å². The number of hydrogen-bond donors (Lipinski definition) is 0. The quantitative estimate of drug-likeness (QED) is 0.380. The SMILES string of the molecule is C[C]1[C](C)[C](C)[C](C)[C]1C.C[C]1[C](C)[C](C)[C](C)[C]1C.[Se][Se][Se][Se][Se].[Ti]. The van der Waals surface area contributed by atoms with Crippen LogP contribution in [-0.4, -0.2) is 62.3 Å². The molecule has 0 aromatic carbocycles. The van der Waals surface area contributed by atoms with Crippen molar-refractivity contribution < 1.29 is 21.7 Å². The molecule has 26 heavy (non-hydrogen) atoms. The Bertz CT molecular complexity index is 235. The van der Waals surface area contributed by atoms with Crippen molar-refractivity contribution in [1.82, 2.24) is 0 Å². The second-order valence-corrected chi connectivity index (χ2v) is 34.9. The van der Waals surface area contributed by atoms with Crippen LogP contribution in [0.5, 0.6) is 0 Å². The molecule has 2 saturated carbocycles. The van der Waals surface area contributed by atoms with Crippen molar-refractivity contribution in [3.8, 4) is 0 Å². The minimum Gasteiger partial charge on any atom is 0 e. The zero-order valence-corrected chi connectivity index (χ0v) is 27.7. The van der Waals surface area contributed by atoms with Gasteiger partial charge in [0.1, 0.15) is 0 Å². The van der Waals surface area contributed by atoms with Gasteiger partial charge < -0.3 is 0 Å². The van der Waals surface area contributed by atoms with Crippen molar-refractivity contribution in [2.45, 2.75) is 69.2 Å². The van der Waals surface area contributed by atoms with Crippen molar-refractivity contribution in [1.29, 1.82) is 0 Å². The molecule has 0 heterocycles. The molecule has 0 bridgehead atoms. The molecule has 2 aliphatic carbocycles. The van der Waals surface area contributed by atoms with Gasteiger partial charge in [-0.3, -0.25) is 0 Å². The van der Waals surface area contributed by atoms with E-state index in [1.807, 2.05) is 0 Å². The minimum atomic E-state index is 0. The van der Waals surface area contributed by atoms with Crippen LogP contribution in [0.3, 0.4) is 0 Å². The summed E-state index contributed by atoms with van der Waals surface area (Å²) in [7, 11) is 0. The molecule has 2 aliphatic rings. The first kappa shape index (κ1) is 31.5. The molecule has 6 heteroatoms. The Morgan fingerprint density at radius 1 is 0.385 bits per heavy atom. The fourth-order valence-corrected chi connectivity index (χ4v) is 45.8. The van der Waals surface area contributed by atoms with Gasteiger partial charge in [0.25, 0.3) is 0 Å². The van der Waals surface area contributed by atoms with Crippen LogP contribution in [-0.2, 0) is 21.7 Å². The summed E-state index contributed by atoms with van der Waals surface area (Å²) in [6.07, 6.45) is 0. The number of hydrogen-bond acceptors (Lipinski definition) is 0. The zero-order valence-electron chi connectivity index (χ0n) is 17.5. The van der Waals surface area contributed by atoms with Gasteiger partial charge in [0.15, 0.2) is 0 Å². The van der Waals surface area contributed by atoms with Crippen LogP contribution in [0.25, 0.3) is 0 Å². The molecule has 0 atom stereocenters. The molecule has 0 aromatic rings. The van der Waals surface area contributed by atoms with Gasteiger partial charge in [-0.2, -0.15) is 0 Å². The Hall–Kier alpha value is 3.31. The summed E-state index contributed by atoms with van der Waals surface area (Å²) in [4.78, 5) is 0. The standard InChI is InChI=1S/2C10H15.Se5.Ti/c2*1-6-7(2)9(4)10(5)8(6)3;1-3-5-4-2;/h2*1-5H3;;. The molecule has 0 aliphatic heterocycles. The van der Waals surface area contributed by atoms with Gasteiger partial charge in [0, 0.05) is 21.7 Å². The maximum Gasteiger partial charge on any atom is 0 e. The molecule has 0 N–H and O–H groups in total. The van der Waals surface area contributed by atoms with Crippen LogP contribution in [0.4, 0.5) is 0 Å². The molecular weight excluding hydrogens is 683 g/mol. The third-order valence-electron chi connectivity index (χ3n) is 5.68. The molecule has 12 radical (unpaired) electrons. The van der Waals surface area contributed by atoms with E-state index in [-0.39, 0.29) is 21.7 Å². The minimum absolute atomic E-state index is 0. The van der Waals surface area contributed by atoms with Crippen LogP contribution in [0, 0.1) is 59.2 Å². The van der Waals surface area contributed by atoms with Crippen molar-refractivity contribution in [2.75, 3.05) is 0 Å². The zero-order chi connectivity index (χ0) is 19.9. The van der Waals surface area contributed by atoms with E-state index in [1.165, 1.54) is 59.2 Å². The smallest absolute Gasteiger partial charge is 0 e. The topological polar surface area (TPSA) is 0 Å². The van der Waals surface area contributed by atoms with E-state index >= 15 is 0 Å². The Kier molecular flexibility index (Phi) is 19.4. The van der Waals surface area contributed by atoms with Gasteiger partial charge in [-0.05, 0) is 59.2 Å². The average molecular weight is 713 g/mol. The second-order valence-electron chi connectivity index (χ2n) is 6.45. The first-order valence-electron chi connectivity index (χ1n) is 8.17. The molecule has 0 amide bonds. The molecule has 0 aromatic heterocycles. The van der Waals surface area contributed by atoms with E-state index < -0.39 is 0 Å². The normalized spacial score (nSPS) is 23.5. The van der Waals surface area contributed by atoms with Gasteiger partial charge in [0.2, 0.25) is 0 Å². The van der Waals surface area contributed by atoms with E-state index in [4.69, 9.17) is 0 Å². The molecule has 0 nitrogen and oxygen atoms in total. The molecule has 2 fully saturated rings. The predicted molar refractivity (Wildman–Crippen MR) is 118 cm³/mol. The Morgan fingerprint density at radius 3 is 0.538 bits per heavy atom. The molecule has 144 valence electrons. The fourth-order valence-electron chi connectivity index (χ4n) is 2.82. The van der Waals surface area contributed by atoms with Crippen molar-refractivity contribution >= 4 is 62.3 Å². The summed E-state index contributed by atoms with van der Waals surface area (Å²) in [5.74, 6) is 14.7. The summed E-state index contributed by atoms with van der Waals surface area (Å²) in [5.41, 5.74) is 0. The maximum absolute atomic E-state index is 3.03.